The number of hydrogen-bond acceptors (Lipinski definition) is 4. The van der Waals surface area contributed by atoms with Crippen LogP contribution in [0.25, 0.3) is 0 Å². The highest BCUT2D eigenvalue weighted by molar-refractivity contribution is 5.39. The highest BCUT2D eigenvalue weighted by Crippen LogP contribution is 2.24. The van der Waals surface area contributed by atoms with E-state index in [1.165, 1.54) is 12.1 Å². The molecule has 124 valence electrons. The Labute approximate surface area is 135 Å². The van der Waals surface area contributed by atoms with Gasteiger partial charge in [-0.2, -0.15) is 0 Å². The van der Waals surface area contributed by atoms with E-state index in [2.05, 4.69) is 5.32 Å². The smallest absolute Gasteiger partial charge is 0.123 e. The van der Waals surface area contributed by atoms with Crippen LogP contribution in [0.3, 0.4) is 0 Å². The normalized spacial score (nSPS) is 13.6. The summed E-state index contributed by atoms with van der Waals surface area (Å²) in [5.41, 5.74) is 1.45. The van der Waals surface area contributed by atoms with Gasteiger partial charge in [-0.1, -0.05) is 18.2 Å². The number of hydrogen-bond donors (Lipinski definition) is 3. The minimum absolute atomic E-state index is 0.0246. The summed E-state index contributed by atoms with van der Waals surface area (Å²) < 4.78 is 17.9. The molecule has 0 spiro atoms. The Morgan fingerprint density at radius 1 is 1.17 bits per heavy atom. The van der Waals surface area contributed by atoms with Crippen LogP contribution in [-0.4, -0.2) is 23.4 Å². The standard InChI is InChI=1S/C18H22FNO3/c1-12(9-17(21)13-3-6-15(19)7-4-13)20-11-14-5-8-16(23-2)10-18(14)22/h3-8,10,12,17,20-22H,9,11H2,1-2H3. The Bertz CT molecular complexity index is 631. The van der Waals surface area contributed by atoms with Crippen molar-refractivity contribution in [2.45, 2.75) is 32.0 Å². The summed E-state index contributed by atoms with van der Waals surface area (Å²) in [7, 11) is 1.55. The lowest BCUT2D eigenvalue weighted by Gasteiger charge is -2.18. The molecule has 2 rings (SSSR count). The Kier molecular flexibility index (Phi) is 5.96. The van der Waals surface area contributed by atoms with Crippen molar-refractivity contribution in [1.29, 1.82) is 0 Å². The van der Waals surface area contributed by atoms with Crippen LogP contribution in [0.2, 0.25) is 0 Å². The molecule has 0 saturated carbocycles. The molecule has 2 unspecified atom stereocenters. The van der Waals surface area contributed by atoms with Crippen molar-refractivity contribution >= 4 is 0 Å². The molecule has 0 aliphatic rings. The van der Waals surface area contributed by atoms with Gasteiger partial charge in [0.2, 0.25) is 0 Å². The molecule has 0 amide bonds. The van der Waals surface area contributed by atoms with Crippen LogP contribution < -0.4 is 10.1 Å². The first-order chi connectivity index (χ1) is 11.0. The summed E-state index contributed by atoms with van der Waals surface area (Å²) in [5, 5.41) is 23.3. The van der Waals surface area contributed by atoms with Crippen molar-refractivity contribution in [3.63, 3.8) is 0 Å². The predicted molar refractivity (Wildman–Crippen MR) is 86.9 cm³/mol. The lowest BCUT2D eigenvalue weighted by molar-refractivity contribution is 0.153. The van der Waals surface area contributed by atoms with E-state index in [9.17, 15) is 14.6 Å². The first-order valence-corrected chi connectivity index (χ1v) is 7.52. The monoisotopic (exact) mass is 319 g/mol. The topological polar surface area (TPSA) is 61.7 Å². The summed E-state index contributed by atoms with van der Waals surface area (Å²) in [4.78, 5) is 0. The molecule has 0 aliphatic heterocycles. The number of aliphatic hydroxyl groups excluding tert-OH is 1. The summed E-state index contributed by atoms with van der Waals surface area (Å²) in [6.07, 6.45) is -0.176. The Morgan fingerprint density at radius 3 is 2.48 bits per heavy atom. The van der Waals surface area contributed by atoms with Crippen LogP contribution >= 0.6 is 0 Å². The fourth-order valence-corrected chi connectivity index (χ4v) is 2.34. The highest BCUT2D eigenvalue weighted by atomic mass is 19.1. The molecule has 23 heavy (non-hydrogen) atoms. The molecule has 2 aromatic rings. The zero-order valence-corrected chi connectivity index (χ0v) is 13.3. The van der Waals surface area contributed by atoms with Gasteiger partial charge in [0.25, 0.3) is 0 Å². The van der Waals surface area contributed by atoms with Gasteiger partial charge < -0.3 is 20.3 Å². The molecule has 2 atom stereocenters. The summed E-state index contributed by atoms with van der Waals surface area (Å²) in [5.74, 6) is 0.455. The van der Waals surface area contributed by atoms with Gasteiger partial charge in [-0.15, -0.1) is 0 Å². The van der Waals surface area contributed by atoms with Gasteiger partial charge in [-0.25, -0.2) is 4.39 Å². The van der Waals surface area contributed by atoms with Gasteiger partial charge in [0, 0.05) is 24.2 Å². The van der Waals surface area contributed by atoms with Crippen LogP contribution in [0.1, 0.15) is 30.6 Å². The third kappa shape index (κ3) is 4.94. The average molecular weight is 319 g/mol. The molecular weight excluding hydrogens is 297 g/mol. The molecule has 0 saturated heterocycles. The van der Waals surface area contributed by atoms with Crippen molar-refractivity contribution < 1.29 is 19.3 Å². The molecule has 0 aliphatic carbocycles. The number of methoxy groups -OCH3 is 1. The van der Waals surface area contributed by atoms with Gasteiger partial charge in [-0.3, -0.25) is 0 Å². The molecule has 0 aromatic heterocycles. The van der Waals surface area contributed by atoms with Crippen LogP contribution in [0.5, 0.6) is 11.5 Å². The molecule has 3 N–H and O–H groups in total. The van der Waals surface area contributed by atoms with Gasteiger partial charge in [0.15, 0.2) is 0 Å². The second kappa shape index (κ2) is 7.94. The van der Waals surface area contributed by atoms with Gasteiger partial charge in [-0.05, 0) is 37.1 Å². The van der Waals surface area contributed by atoms with E-state index in [0.29, 0.717) is 24.3 Å². The molecular formula is C18H22FNO3. The van der Waals surface area contributed by atoms with Gasteiger partial charge >= 0.3 is 0 Å². The Hall–Kier alpha value is -2.11. The molecule has 4 nitrogen and oxygen atoms in total. The van der Waals surface area contributed by atoms with Crippen molar-refractivity contribution in [1.82, 2.24) is 5.32 Å². The zero-order chi connectivity index (χ0) is 16.8. The Balaban J connectivity index is 1.87. The van der Waals surface area contributed by atoms with Crippen LogP contribution in [0.15, 0.2) is 42.5 Å². The second-order valence-corrected chi connectivity index (χ2v) is 5.58. The van der Waals surface area contributed by atoms with E-state index in [1.807, 2.05) is 6.92 Å². The number of phenolic OH excluding ortho intramolecular Hbond substituents is 1. The van der Waals surface area contributed by atoms with Crippen LogP contribution in [0, 0.1) is 5.82 Å². The second-order valence-electron chi connectivity index (χ2n) is 5.58. The fourth-order valence-electron chi connectivity index (χ4n) is 2.34. The maximum absolute atomic E-state index is 12.9. The number of ether oxygens (including phenoxy) is 1. The number of phenols is 1. The zero-order valence-electron chi connectivity index (χ0n) is 13.3. The number of benzene rings is 2. The third-order valence-corrected chi connectivity index (χ3v) is 3.77. The third-order valence-electron chi connectivity index (χ3n) is 3.77. The molecule has 0 fully saturated rings. The fraction of sp³-hybridized carbons (Fsp3) is 0.333. The summed E-state index contributed by atoms with van der Waals surface area (Å²) in [6, 6.07) is 11.0. The van der Waals surface area contributed by atoms with Crippen LogP contribution in [0.4, 0.5) is 4.39 Å². The minimum Gasteiger partial charge on any atom is -0.507 e. The van der Waals surface area contributed by atoms with Gasteiger partial charge in [0.1, 0.15) is 17.3 Å². The number of nitrogens with one attached hydrogen (secondary N) is 1. The summed E-state index contributed by atoms with van der Waals surface area (Å²) in [6.45, 7) is 2.43. The minimum atomic E-state index is -0.664. The molecule has 0 radical (unpaired) electrons. The van der Waals surface area contributed by atoms with E-state index >= 15 is 0 Å². The van der Waals surface area contributed by atoms with E-state index in [0.717, 1.165) is 5.56 Å². The van der Waals surface area contributed by atoms with Crippen molar-refractivity contribution in [2.24, 2.45) is 0 Å². The van der Waals surface area contributed by atoms with E-state index in [1.54, 1.807) is 37.4 Å². The number of halogens is 1. The molecule has 0 heterocycles. The largest absolute Gasteiger partial charge is 0.507 e. The number of rotatable bonds is 7. The van der Waals surface area contributed by atoms with Crippen molar-refractivity contribution in [2.75, 3.05) is 7.11 Å². The van der Waals surface area contributed by atoms with Crippen LogP contribution in [-0.2, 0) is 6.54 Å². The maximum atomic E-state index is 12.9. The molecule has 2 aromatic carbocycles. The average Bonchev–Trinajstić information content (AvgIpc) is 2.54. The first kappa shape index (κ1) is 17.2. The van der Waals surface area contributed by atoms with Crippen molar-refractivity contribution in [3.05, 3.63) is 59.4 Å². The van der Waals surface area contributed by atoms with E-state index < -0.39 is 6.10 Å². The number of aliphatic hydroxyl groups is 1. The lowest BCUT2D eigenvalue weighted by Crippen LogP contribution is -2.27. The van der Waals surface area contributed by atoms with E-state index in [-0.39, 0.29) is 17.6 Å². The predicted octanol–water partition coefficient (Wildman–Crippen LogP) is 3.14. The van der Waals surface area contributed by atoms with Gasteiger partial charge in [0.05, 0.1) is 13.2 Å². The number of aromatic hydroxyl groups is 1. The van der Waals surface area contributed by atoms with Crippen molar-refractivity contribution in [3.8, 4) is 11.5 Å². The quantitative estimate of drug-likeness (QED) is 0.734. The lowest BCUT2D eigenvalue weighted by atomic mass is 10.0. The SMILES string of the molecule is COc1ccc(CNC(C)CC(O)c2ccc(F)cc2)c(O)c1. The highest BCUT2D eigenvalue weighted by Gasteiger charge is 2.13. The maximum Gasteiger partial charge on any atom is 0.123 e. The molecule has 0 bridgehead atoms. The van der Waals surface area contributed by atoms with E-state index in [4.69, 9.17) is 4.74 Å². The first-order valence-electron chi connectivity index (χ1n) is 7.52. The molecule has 5 heteroatoms. The Morgan fingerprint density at radius 2 is 1.87 bits per heavy atom. The summed E-state index contributed by atoms with van der Waals surface area (Å²) >= 11 is 0.